The average Bonchev–Trinajstić information content (AvgIpc) is 2.56. The van der Waals surface area contributed by atoms with E-state index in [1.54, 1.807) is 17.8 Å². The topological polar surface area (TPSA) is 56.1 Å². The Labute approximate surface area is 156 Å². The van der Waals surface area contributed by atoms with Crippen molar-refractivity contribution in [3.8, 4) is 6.07 Å². The molecule has 0 unspecified atom stereocenters. The number of amides is 1. The molecule has 25 heavy (non-hydrogen) atoms. The van der Waals surface area contributed by atoms with Crippen LogP contribution in [0.25, 0.3) is 6.08 Å². The minimum atomic E-state index is -0.315. The maximum absolute atomic E-state index is 12.3. The Bertz CT molecular complexity index is 637. The summed E-state index contributed by atoms with van der Waals surface area (Å²) >= 11 is 1.73. The van der Waals surface area contributed by atoms with Gasteiger partial charge in [-0.25, -0.2) is 0 Å². The molecule has 0 aliphatic rings. The molecule has 0 fully saturated rings. The van der Waals surface area contributed by atoms with E-state index in [0.29, 0.717) is 6.54 Å². The number of nitrogens with one attached hydrogen (secondary N) is 1. The third kappa shape index (κ3) is 7.76. The lowest BCUT2D eigenvalue weighted by Gasteiger charge is -2.19. The van der Waals surface area contributed by atoms with E-state index in [1.807, 2.05) is 30.3 Å². The Hall–Kier alpha value is -1.77. The maximum Gasteiger partial charge on any atom is 0.261 e. The number of carbonyl (C=O) groups excluding carboxylic acids is 1. The second-order valence-corrected chi connectivity index (χ2v) is 8.57. The van der Waals surface area contributed by atoms with Crippen LogP contribution < -0.4 is 5.32 Å². The second-order valence-electron chi connectivity index (χ2n) is 6.70. The van der Waals surface area contributed by atoms with Crippen LogP contribution >= 0.6 is 11.8 Å². The van der Waals surface area contributed by atoms with Crippen molar-refractivity contribution in [1.29, 1.82) is 5.26 Å². The first-order chi connectivity index (χ1) is 11.8. The monoisotopic (exact) mass is 359 g/mol. The van der Waals surface area contributed by atoms with Crippen molar-refractivity contribution in [2.75, 3.05) is 26.2 Å². The summed E-state index contributed by atoms with van der Waals surface area (Å²) in [6.45, 7) is 13.8. The highest BCUT2D eigenvalue weighted by atomic mass is 32.2. The molecule has 0 aliphatic heterocycles. The summed E-state index contributed by atoms with van der Waals surface area (Å²) in [5, 5.41) is 12.2. The van der Waals surface area contributed by atoms with E-state index in [-0.39, 0.29) is 16.2 Å². The first-order valence-corrected chi connectivity index (χ1v) is 9.52. The Morgan fingerprint density at radius 2 is 1.92 bits per heavy atom. The summed E-state index contributed by atoms with van der Waals surface area (Å²) in [5.74, 6) is -0.315. The summed E-state index contributed by atoms with van der Waals surface area (Å²) < 4.78 is 0.0583. The second kappa shape index (κ2) is 10.3. The first-order valence-electron chi connectivity index (χ1n) is 8.71. The molecule has 0 saturated heterocycles. The van der Waals surface area contributed by atoms with Gasteiger partial charge in [0.1, 0.15) is 11.6 Å². The Kier molecular flexibility index (Phi) is 8.74. The van der Waals surface area contributed by atoms with Crippen LogP contribution in [-0.4, -0.2) is 41.7 Å². The van der Waals surface area contributed by atoms with Crippen molar-refractivity contribution in [1.82, 2.24) is 10.2 Å². The van der Waals surface area contributed by atoms with E-state index in [0.717, 1.165) is 30.1 Å². The molecule has 136 valence electrons. The number of rotatable bonds is 8. The zero-order chi connectivity index (χ0) is 18.9. The van der Waals surface area contributed by atoms with Crippen LogP contribution in [-0.2, 0) is 4.79 Å². The van der Waals surface area contributed by atoms with Gasteiger partial charge < -0.3 is 10.2 Å². The van der Waals surface area contributed by atoms with Crippen LogP contribution in [0.2, 0.25) is 0 Å². The molecule has 4 nitrogen and oxygen atoms in total. The summed E-state index contributed by atoms with van der Waals surface area (Å²) in [5.41, 5.74) is 1.04. The van der Waals surface area contributed by atoms with E-state index in [4.69, 9.17) is 0 Å². The summed E-state index contributed by atoms with van der Waals surface area (Å²) in [4.78, 5) is 15.6. The van der Waals surface area contributed by atoms with Crippen LogP contribution in [0.1, 0.15) is 40.2 Å². The van der Waals surface area contributed by atoms with Crippen LogP contribution in [0.4, 0.5) is 0 Å². The molecule has 1 aromatic rings. The van der Waals surface area contributed by atoms with Crippen molar-refractivity contribution in [2.45, 2.75) is 44.3 Å². The van der Waals surface area contributed by atoms with Gasteiger partial charge in [-0.2, -0.15) is 5.26 Å². The van der Waals surface area contributed by atoms with E-state index in [9.17, 15) is 10.1 Å². The molecule has 5 heteroatoms. The lowest BCUT2D eigenvalue weighted by molar-refractivity contribution is -0.117. The number of likely N-dealkylation sites (N-methyl/N-ethyl adjacent to an activating group) is 1. The number of nitrogens with zero attached hydrogens (tertiary/aromatic N) is 2. The number of benzene rings is 1. The van der Waals surface area contributed by atoms with Crippen molar-refractivity contribution in [3.63, 3.8) is 0 Å². The van der Waals surface area contributed by atoms with Crippen LogP contribution in [0, 0.1) is 11.3 Å². The lowest BCUT2D eigenvalue weighted by atomic mass is 10.1. The molecule has 0 spiro atoms. The quantitative estimate of drug-likeness (QED) is 0.434. The van der Waals surface area contributed by atoms with E-state index in [1.165, 1.54) is 0 Å². The van der Waals surface area contributed by atoms with Gasteiger partial charge in [0, 0.05) is 22.7 Å². The SMILES string of the molecule is CCN(CC)CCNC(=O)/C(C#N)=C/c1ccccc1SC(C)(C)C. The highest BCUT2D eigenvalue weighted by molar-refractivity contribution is 8.00. The standard InChI is InChI=1S/C20H29N3OS/c1-6-23(7-2)13-12-22-19(24)17(15-21)14-16-10-8-9-11-18(16)25-20(3,4)5/h8-11,14H,6-7,12-13H2,1-5H3,(H,22,24)/b17-14+. The molecule has 0 radical (unpaired) electrons. The Balaban J connectivity index is 2.86. The van der Waals surface area contributed by atoms with Crippen LogP contribution in [0.5, 0.6) is 0 Å². The molecule has 1 aromatic carbocycles. The van der Waals surface area contributed by atoms with Crippen LogP contribution in [0.15, 0.2) is 34.7 Å². The molecule has 0 heterocycles. The molecule has 0 atom stereocenters. The molecule has 0 saturated carbocycles. The number of hydrogen-bond acceptors (Lipinski definition) is 4. The smallest absolute Gasteiger partial charge is 0.261 e. The fourth-order valence-electron chi connectivity index (χ4n) is 2.29. The van der Waals surface area contributed by atoms with E-state index < -0.39 is 0 Å². The van der Waals surface area contributed by atoms with Gasteiger partial charge in [-0.15, -0.1) is 11.8 Å². The van der Waals surface area contributed by atoms with Gasteiger partial charge in [-0.05, 0) is 30.8 Å². The minimum absolute atomic E-state index is 0.0583. The molecular formula is C20H29N3OS. The first kappa shape index (κ1) is 21.3. The van der Waals surface area contributed by atoms with Gasteiger partial charge in [-0.3, -0.25) is 4.79 Å². The number of nitriles is 1. The minimum Gasteiger partial charge on any atom is -0.350 e. The van der Waals surface area contributed by atoms with Gasteiger partial charge in [-0.1, -0.05) is 52.8 Å². The summed E-state index contributed by atoms with van der Waals surface area (Å²) in [6, 6.07) is 9.89. The number of carbonyl (C=O) groups is 1. The Morgan fingerprint density at radius 1 is 1.28 bits per heavy atom. The zero-order valence-electron chi connectivity index (χ0n) is 15.9. The maximum atomic E-state index is 12.3. The third-order valence-corrected chi connectivity index (χ3v) is 4.81. The van der Waals surface area contributed by atoms with Gasteiger partial charge in [0.2, 0.25) is 0 Å². The van der Waals surface area contributed by atoms with Crippen molar-refractivity contribution >= 4 is 23.7 Å². The number of thioether (sulfide) groups is 1. The Morgan fingerprint density at radius 3 is 2.48 bits per heavy atom. The van der Waals surface area contributed by atoms with Crippen LogP contribution in [0.3, 0.4) is 0 Å². The summed E-state index contributed by atoms with van der Waals surface area (Å²) in [7, 11) is 0. The molecule has 1 amide bonds. The fraction of sp³-hybridized carbons (Fsp3) is 0.500. The average molecular weight is 360 g/mol. The predicted octanol–water partition coefficient (Wildman–Crippen LogP) is 3.94. The normalized spacial score (nSPS) is 12.1. The number of hydrogen-bond donors (Lipinski definition) is 1. The van der Waals surface area contributed by atoms with Gasteiger partial charge >= 0.3 is 0 Å². The molecule has 0 aromatic heterocycles. The largest absolute Gasteiger partial charge is 0.350 e. The summed E-state index contributed by atoms with van der Waals surface area (Å²) in [6.07, 6.45) is 1.68. The van der Waals surface area contributed by atoms with Gasteiger partial charge in [0.05, 0.1) is 0 Å². The van der Waals surface area contributed by atoms with Gasteiger partial charge in [0.25, 0.3) is 5.91 Å². The molecule has 0 bridgehead atoms. The molecule has 1 N–H and O–H groups in total. The van der Waals surface area contributed by atoms with Crippen molar-refractivity contribution in [3.05, 3.63) is 35.4 Å². The fourth-order valence-corrected chi connectivity index (χ4v) is 3.34. The third-order valence-electron chi connectivity index (χ3n) is 3.61. The van der Waals surface area contributed by atoms with E-state index in [2.05, 4.69) is 44.8 Å². The molecule has 1 rings (SSSR count). The van der Waals surface area contributed by atoms with Gasteiger partial charge in [0.15, 0.2) is 0 Å². The zero-order valence-corrected chi connectivity index (χ0v) is 16.7. The van der Waals surface area contributed by atoms with Crippen molar-refractivity contribution < 1.29 is 4.79 Å². The van der Waals surface area contributed by atoms with Crippen molar-refractivity contribution in [2.24, 2.45) is 0 Å². The lowest BCUT2D eigenvalue weighted by Crippen LogP contribution is -2.35. The highest BCUT2D eigenvalue weighted by Gasteiger charge is 2.15. The molecular weight excluding hydrogens is 330 g/mol. The highest BCUT2D eigenvalue weighted by Crippen LogP contribution is 2.34. The van der Waals surface area contributed by atoms with E-state index >= 15 is 0 Å². The molecule has 0 aliphatic carbocycles. The predicted molar refractivity (Wildman–Crippen MR) is 106 cm³/mol.